The molecule has 0 unspecified atom stereocenters. The monoisotopic (exact) mass is 295 g/mol. The summed E-state index contributed by atoms with van der Waals surface area (Å²) in [5.74, 6) is -0.135. The van der Waals surface area contributed by atoms with Crippen LogP contribution in [0.1, 0.15) is 5.76 Å². The highest BCUT2D eigenvalue weighted by atomic mass is 32.3. The molecule has 104 valence electrons. The van der Waals surface area contributed by atoms with E-state index >= 15 is 0 Å². The first kappa shape index (κ1) is 14.0. The molecule has 2 aromatic rings. The van der Waals surface area contributed by atoms with Gasteiger partial charge in [0.05, 0.1) is 12.0 Å². The number of carbonyl (C=O) groups excluding carboxylic acids is 1. The Morgan fingerprint density at radius 2 is 1.95 bits per heavy atom. The standard InChI is InChI=1S/C13H10FNO4S/c14-20(17,18)12-6-2-1-5-11(12)15-13(16)8-7-10-4-3-9-19-10/h1-9H,(H,15,16)/b8-7+. The van der Waals surface area contributed by atoms with Crippen molar-refractivity contribution in [1.29, 1.82) is 0 Å². The molecule has 1 amide bonds. The lowest BCUT2D eigenvalue weighted by molar-refractivity contribution is -0.111. The number of para-hydroxylation sites is 1. The number of rotatable bonds is 4. The molecule has 0 fully saturated rings. The Hall–Kier alpha value is -2.41. The zero-order valence-corrected chi connectivity index (χ0v) is 10.9. The summed E-state index contributed by atoms with van der Waals surface area (Å²) in [4.78, 5) is 11.0. The Bertz CT molecular complexity index is 735. The number of anilines is 1. The van der Waals surface area contributed by atoms with Crippen LogP contribution in [0.5, 0.6) is 0 Å². The second-order valence-electron chi connectivity index (χ2n) is 3.77. The lowest BCUT2D eigenvalue weighted by Gasteiger charge is -2.05. The van der Waals surface area contributed by atoms with Crippen LogP contribution in [0, 0.1) is 0 Å². The van der Waals surface area contributed by atoms with Crippen molar-refractivity contribution in [3.8, 4) is 0 Å². The summed E-state index contributed by atoms with van der Waals surface area (Å²) in [5.41, 5.74) is -0.121. The van der Waals surface area contributed by atoms with E-state index in [-0.39, 0.29) is 5.69 Å². The van der Waals surface area contributed by atoms with E-state index in [2.05, 4.69) is 5.32 Å². The minimum Gasteiger partial charge on any atom is -0.465 e. The van der Waals surface area contributed by atoms with Crippen LogP contribution in [-0.2, 0) is 15.0 Å². The fraction of sp³-hybridized carbons (Fsp3) is 0. The summed E-state index contributed by atoms with van der Waals surface area (Å²) >= 11 is 0. The molecule has 0 saturated carbocycles. The van der Waals surface area contributed by atoms with E-state index in [1.165, 1.54) is 30.5 Å². The number of hydrogen-bond acceptors (Lipinski definition) is 4. The topological polar surface area (TPSA) is 76.4 Å². The largest absolute Gasteiger partial charge is 0.465 e. The molecule has 0 bridgehead atoms. The van der Waals surface area contributed by atoms with Gasteiger partial charge in [0.15, 0.2) is 0 Å². The second kappa shape index (κ2) is 5.70. The van der Waals surface area contributed by atoms with E-state index in [1.54, 1.807) is 12.1 Å². The third-order valence-corrected chi connectivity index (χ3v) is 3.23. The number of hydrogen-bond donors (Lipinski definition) is 1. The van der Waals surface area contributed by atoms with Crippen molar-refractivity contribution in [3.05, 3.63) is 54.5 Å². The highest BCUT2D eigenvalue weighted by molar-refractivity contribution is 7.86. The van der Waals surface area contributed by atoms with Gasteiger partial charge in [0.25, 0.3) is 0 Å². The maximum atomic E-state index is 13.0. The van der Waals surface area contributed by atoms with E-state index in [1.807, 2.05) is 0 Å². The molecule has 7 heteroatoms. The Balaban J connectivity index is 2.17. The van der Waals surface area contributed by atoms with Crippen LogP contribution in [-0.4, -0.2) is 14.3 Å². The predicted octanol–water partition coefficient (Wildman–Crippen LogP) is 2.59. The summed E-state index contributed by atoms with van der Waals surface area (Å²) < 4.78 is 39.9. The molecule has 1 aromatic carbocycles. The van der Waals surface area contributed by atoms with Gasteiger partial charge in [0, 0.05) is 6.08 Å². The highest BCUT2D eigenvalue weighted by Crippen LogP contribution is 2.22. The van der Waals surface area contributed by atoms with Gasteiger partial charge in [-0.2, -0.15) is 8.42 Å². The Morgan fingerprint density at radius 1 is 1.20 bits per heavy atom. The Labute approximate surface area is 114 Å². The number of furan rings is 1. The molecule has 0 aliphatic rings. The molecule has 5 nitrogen and oxygen atoms in total. The lowest BCUT2D eigenvalue weighted by atomic mass is 10.3. The highest BCUT2D eigenvalue weighted by Gasteiger charge is 2.17. The fourth-order valence-electron chi connectivity index (χ4n) is 1.50. The van der Waals surface area contributed by atoms with Crippen molar-refractivity contribution >= 4 is 27.9 Å². The summed E-state index contributed by atoms with van der Waals surface area (Å²) in [6.45, 7) is 0. The van der Waals surface area contributed by atoms with Crippen LogP contribution >= 0.6 is 0 Å². The normalized spacial score (nSPS) is 11.7. The van der Waals surface area contributed by atoms with E-state index in [0.29, 0.717) is 5.76 Å². The number of benzene rings is 1. The van der Waals surface area contributed by atoms with Crippen LogP contribution in [0.25, 0.3) is 6.08 Å². The molecule has 0 atom stereocenters. The SMILES string of the molecule is O=C(/C=C/c1ccco1)Nc1ccccc1S(=O)(=O)F. The van der Waals surface area contributed by atoms with Crippen LogP contribution < -0.4 is 5.32 Å². The van der Waals surface area contributed by atoms with Crippen LogP contribution in [0.15, 0.2) is 58.1 Å². The molecule has 1 N–H and O–H groups in total. The van der Waals surface area contributed by atoms with Gasteiger partial charge in [-0.3, -0.25) is 4.79 Å². The number of nitrogens with one attached hydrogen (secondary N) is 1. The molecule has 1 aromatic heterocycles. The average molecular weight is 295 g/mol. The second-order valence-corrected chi connectivity index (χ2v) is 5.09. The van der Waals surface area contributed by atoms with Crippen molar-refractivity contribution in [1.82, 2.24) is 0 Å². The van der Waals surface area contributed by atoms with E-state index in [0.717, 1.165) is 12.1 Å². The average Bonchev–Trinajstić information content (AvgIpc) is 2.89. The van der Waals surface area contributed by atoms with Gasteiger partial charge in [-0.25, -0.2) is 0 Å². The van der Waals surface area contributed by atoms with Gasteiger partial charge in [-0.05, 0) is 30.3 Å². The molecular formula is C13H10FNO4S. The van der Waals surface area contributed by atoms with Gasteiger partial charge in [-0.15, -0.1) is 3.89 Å². The molecule has 0 saturated heterocycles. The van der Waals surface area contributed by atoms with Crippen LogP contribution in [0.4, 0.5) is 9.57 Å². The maximum absolute atomic E-state index is 13.0. The third-order valence-electron chi connectivity index (χ3n) is 2.35. The number of halogens is 1. The number of carbonyl (C=O) groups is 1. The van der Waals surface area contributed by atoms with E-state index < -0.39 is 21.0 Å². The predicted molar refractivity (Wildman–Crippen MR) is 71.1 cm³/mol. The first-order valence-electron chi connectivity index (χ1n) is 5.53. The first-order chi connectivity index (χ1) is 9.47. The van der Waals surface area contributed by atoms with Gasteiger partial charge in [0.2, 0.25) is 5.91 Å². The molecule has 0 radical (unpaired) electrons. The van der Waals surface area contributed by atoms with E-state index in [4.69, 9.17) is 4.42 Å². The van der Waals surface area contributed by atoms with Gasteiger partial charge >= 0.3 is 10.2 Å². The quantitative estimate of drug-likeness (QED) is 0.694. The van der Waals surface area contributed by atoms with Gasteiger partial charge in [0.1, 0.15) is 10.7 Å². The first-order valence-corrected chi connectivity index (χ1v) is 6.91. The van der Waals surface area contributed by atoms with Crippen LogP contribution in [0.2, 0.25) is 0 Å². The molecule has 0 aliphatic heterocycles. The minimum absolute atomic E-state index is 0.121. The summed E-state index contributed by atoms with van der Waals surface area (Å²) in [5, 5.41) is 2.29. The maximum Gasteiger partial charge on any atom is 0.334 e. The van der Waals surface area contributed by atoms with Gasteiger partial charge < -0.3 is 9.73 Å². The van der Waals surface area contributed by atoms with Crippen molar-refractivity contribution in [3.63, 3.8) is 0 Å². The fourth-order valence-corrected chi connectivity index (χ4v) is 2.12. The molecule has 0 aliphatic carbocycles. The van der Waals surface area contributed by atoms with E-state index in [9.17, 15) is 17.1 Å². The number of amides is 1. The van der Waals surface area contributed by atoms with Crippen LogP contribution in [0.3, 0.4) is 0 Å². The smallest absolute Gasteiger partial charge is 0.334 e. The van der Waals surface area contributed by atoms with Crippen molar-refractivity contribution < 1.29 is 21.5 Å². The summed E-state index contributed by atoms with van der Waals surface area (Å²) in [6, 6.07) is 8.51. The Kier molecular flexibility index (Phi) is 3.99. The molecule has 1 heterocycles. The third kappa shape index (κ3) is 3.55. The zero-order chi connectivity index (χ0) is 14.6. The molecule has 0 spiro atoms. The Morgan fingerprint density at radius 3 is 2.60 bits per heavy atom. The summed E-state index contributed by atoms with van der Waals surface area (Å²) in [6.07, 6.45) is 4.00. The van der Waals surface area contributed by atoms with Crippen molar-refractivity contribution in [2.75, 3.05) is 5.32 Å². The summed E-state index contributed by atoms with van der Waals surface area (Å²) in [7, 11) is -4.89. The zero-order valence-electron chi connectivity index (χ0n) is 10.1. The van der Waals surface area contributed by atoms with Crippen molar-refractivity contribution in [2.24, 2.45) is 0 Å². The van der Waals surface area contributed by atoms with Crippen molar-refractivity contribution in [2.45, 2.75) is 4.90 Å². The molecule has 20 heavy (non-hydrogen) atoms. The lowest BCUT2D eigenvalue weighted by Crippen LogP contribution is -2.10. The molecule has 2 rings (SSSR count). The molecular weight excluding hydrogens is 285 g/mol. The van der Waals surface area contributed by atoms with Gasteiger partial charge in [-0.1, -0.05) is 12.1 Å². The minimum atomic E-state index is -4.89.